The van der Waals surface area contributed by atoms with Gasteiger partial charge in [0.05, 0.1) is 6.54 Å². The summed E-state index contributed by atoms with van der Waals surface area (Å²) in [5, 5.41) is 3.96. The molecular formula is C15H18N4O. The van der Waals surface area contributed by atoms with Gasteiger partial charge < -0.3 is 14.8 Å². The zero-order chi connectivity index (χ0) is 13.5. The van der Waals surface area contributed by atoms with E-state index in [1.165, 1.54) is 12.8 Å². The van der Waals surface area contributed by atoms with Gasteiger partial charge in [0.15, 0.2) is 5.82 Å². The van der Waals surface area contributed by atoms with Crippen LogP contribution in [0.4, 0.5) is 0 Å². The van der Waals surface area contributed by atoms with Gasteiger partial charge in [-0.15, -0.1) is 0 Å². The maximum atomic E-state index is 5.59. The quantitative estimate of drug-likeness (QED) is 0.864. The number of nitrogens with zero attached hydrogens (tertiary/aromatic N) is 3. The lowest BCUT2D eigenvalue weighted by Gasteiger charge is -2.27. The highest BCUT2D eigenvalue weighted by Gasteiger charge is 2.43. The first kappa shape index (κ1) is 11.9. The van der Waals surface area contributed by atoms with Crippen LogP contribution in [0.25, 0.3) is 0 Å². The SMILES string of the molecule is NCc1noc([C@H]([C@H]2C[C@H]3C=C[C@H]2C3)n2cccc2)n1. The summed E-state index contributed by atoms with van der Waals surface area (Å²) in [6.07, 6.45) is 11.3. The number of rotatable bonds is 4. The molecule has 20 heavy (non-hydrogen) atoms. The normalized spacial score (nSPS) is 29.1. The van der Waals surface area contributed by atoms with E-state index in [4.69, 9.17) is 10.3 Å². The average Bonchev–Trinajstić information content (AvgIpc) is 3.25. The molecule has 2 aliphatic carbocycles. The Morgan fingerprint density at radius 3 is 2.75 bits per heavy atom. The van der Waals surface area contributed by atoms with E-state index in [0.29, 0.717) is 30.1 Å². The third kappa shape index (κ3) is 1.81. The van der Waals surface area contributed by atoms with E-state index in [1.807, 2.05) is 12.1 Å². The molecule has 4 rings (SSSR count). The van der Waals surface area contributed by atoms with Crippen molar-refractivity contribution in [2.45, 2.75) is 25.4 Å². The predicted molar refractivity (Wildman–Crippen MR) is 73.6 cm³/mol. The van der Waals surface area contributed by atoms with Gasteiger partial charge in [0.1, 0.15) is 6.04 Å². The van der Waals surface area contributed by atoms with E-state index in [0.717, 1.165) is 5.92 Å². The zero-order valence-corrected chi connectivity index (χ0v) is 11.2. The second kappa shape index (κ2) is 4.59. The van der Waals surface area contributed by atoms with Gasteiger partial charge in [-0.3, -0.25) is 0 Å². The second-order valence-electron chi connectivity index (χ2n) is 5.77. The lowest BCUT2D eigenvalue weighted by atomic mass is 9.86. The third-order valence-corrected chi connectivity index (χ3v) is 4.60. The van der Waals surface area contributed by atoms with Crippen molar-refractivity contribution in [3.8, 4) is 0 Å². The van der Waals surface area contributed by atoms with Crippen molar-refractivity contribution in [1.29, 1.82) is 0 Å². The van der Waals surface area contributed by atoms with Gasteiger partial charge in [-0.25, -0.2) is 0 Å². The Kier molecular flexibility index (Phi) is 2.73. The molecule has 0 aromatic carbocycles. The van der Waals surface area contributed by atoms with Gasteiger partial charge >= 0.3 is 0 Å². The molecule has 0 unspecified atom stereocenters. The monoisotopic (exact) mass is 270 g/mol. The number of aromatic nitrogens is 3. The molecule has 5 nitrogen and oxygen atoms in total. The standard InChI is InChI=1S/C15H18N4O/c16-9-13-17-15(20-18-13)14(19-5-1-2-6-19)12-8-10-3-4-11(12)7-10/h1-6,10-12,14H,7-9,16H2/t10-,11-,12-,14-/m0/s1. The lowest BCUT2D eigenvalue weighted by Crippen LogP contribution is -2.23. The summed E-state index contributed by atoms with van der Waals surface area (Å²) in [4.78, 5) is 4.47. The first-order valence-corrected chi connectivity index (χ1v) is 7.18. The smallest absolute Gasteiger partial charge is 0.250 e. The van der Waals surface area contributed by atoms with Crippen LogP contribution in [-0.4, -0.2) is 14.7 Å². The minimum absolute atomic E-state index is 0.123. The first-order valence-electron chi connectivity index (χ1n) is 7.18. The number of fused-ring (bicyclic) bond motifs is 2. The molecule has 0 spiro atoms. The minimum atomic E-state index is 0.123. The first-order chi connectivity index (χ1) is 9.85. The Morgan fingerprint density at radius 1 is 1.30 bits per heavy atom. The number of hydrogen-bond acceptors (Lipinski definition) is 4. The number of hydrogen-bond donors (Lipinski definition) is 1. The molecule has 2 heterocycles. The van der Waals surface area contributed by atoms with Crippen LogP contribution in [0, 0.1) is 17.8 Å². The van der Waals surface area contributed by atoms with Gasteiger partial charge in [0.25, 0.3) is 0 Å². The fourth-order valence-electron chi connectivity index (χ4n) is 3.72. The maximum Gasteiger partial charge on any atom is 0.250 e. The van der Waals surface area contributed by atoms with Crippen LogP contribution in [-0.2, 0) is 6.54 Å². The van der Waals surface area contributed by atoms with E-state index < -0.39 is 0 Å². The Hall–Kier alpha value is -1.88. The molecule has 0 radical (unpaired) electrons. The molecule has 1 fully saturated rings. The summed E-state index contributed by atoms with van der Waals surface area (Å²) in [5.41, 5.74) is 5.59. The van der Waals surface area contributed by atoms with Crippen molar-refractivity contribution in [3.05, 3.63) is 48.4 Å². The molecule has 1 saturated carbocycles. The Morgan fingerprint density at radius 2 is 2.15 bits per heavy atom. The molecule has 2 aromatic heterocycles. The highest BCUT2D eigenvalue weighted by Crippen LogP contribution is 2.49. The molecule has 2 aliphatic rings. The average molecular weight is 270 g/mol. The van der Waals surface area contributed by atoms with Crippen molar-refractivity contribution in [2.24, 2.45) is 23.5 Å². The molecule has 2 aromatic rings. The van der Waals surface area contributed by atoms with Crippen LogP contribution in [0.3, 0.4) is 0 Å². The van der Waals surface area contributed by atoms with E-state index >= 15 is 0 Å². The second-order valence-corrected chi connectivity index (χ2v) is 5.77. The molecule has 0 aliphatic heterocycles. The van der Waals surface area contributed by atoms with Crippen molar-refractivity contribution in [2.75, 3.05) is 0 Å². The van der Waals surface area contributed by atoms with E-state index in [9.17, 15) is 0 Å². The highest BCUT2D eigenvalue weighted by molar-refractivity contribution is 5.15. The van der Waals surface area contributed by atoms with Gasteiger partial charge in [-0.1, -0.05) is 17.3 Å². The van der Waals surface area contributed by atoms with Gasteiger partial charge in [-0.05, 0) is 42.7 Å². The molecule has 104 valence electrons. The number of nitrogens with two attached hydrogens (primary N) is 1. The molecule has 2 N–H and O–H groups in total. The summed E-state index contributed by atoms with van der Waals surface area (Å²) >= 11 is 0. The van der Waals surface area contributed by atoms with Crippen LogP contribution < -0.4 is 5.73 Å². The van der Waals surface area contributed by atoms with E-state index in [1.54, 1.807) is 0 Å². The van der Waals surface area contributed by atoms with Crippen molar-refractivity contribution >= 4 is 0 Å². The molecular weight excluding hydrogens is 252 g/mol. The summed E-state index contributed by atoms with van der Waals surface area (Å²) in [6.45, 7) is 0.318. The van der Waals surface area contributed by atoms with Crippen LogP contribution in [0.1, 0.15) is 30.6 Å². The fraction of sp³-hybridized carbons (Fsp3) is 0.467. The van der Waals surface area contributed by atoms with Crippen LogP contribution >= 0.6 is 0 Å². The molecule has 2 bridgehead atoms. The van der Waals surface area contributed by atoms with Gasteiger partial charge in [0.2, 0.25) is 5.89 Å². The Labute approximate surface area is 117 Å². The summed E-state index contributed by atoms with van der Waals surface area (Å²) < 4.78 is 7.66. The third-order valence-electron chi connectivity index (χ3n) is 4.60. The van der Waals surface area contributed by atoms with Crippen molar-refractivity contribution in [3.63, 3.8) is 0 Å². The number of allylic oxidation sites excluding steroid dienone is 2. The predicted octanol–water partition coefficient (Wildman–Crippen LogP) is 2.13. The van der Waals surface area contributed by atoms with Crippen molar-refractivity contribution in [1.82, 2.24) is 14.7 Å². The maximum absolute atomic E-state index is 5.59. The van der Waals surface area contributed by atoms with Crippen molar-refractivity contribution < 1.29 is 4.52 Å². The summed E-state index contributed by atoms with van der Waals surface area (Å²) in [6, 6.07) is 4.20. The van der Waals surface area contributed by atoms with Gasteiger partial charge in [0, 0.05) is 12.4 Å². The molecule has 0 amide bonds. The highest BCUT2D eigenvalue weighted by atomic mass is 16.5. The van der Waals surface area contributed by atoms with Crippen LogP contribution in [0.5, 0.6) is 0 Å². The fourth-order valence-corrected chi connectivity index (χ4v) is 3.72. The topological polar surface area (TPSA) is 69.9 Å². The van der Waals surface area contributed by atoms with E-state index in [2.05, 4.69) is 39.3 Å². The molecule has 4 atom stereocenters. The van der Waals surface area contributed by atoms with E-state index in [-0.39, 0.29) is 6.04 Å². The lowest BCUT2D eigenvalue weighted by molar-refractivity contribution is 0.252. The van der Waals surface area contributed by atoms with Gasteiger partial charge in [-0.2, -0.15) is 4.98 Å². The van der Waals surface area contributed by atoms with Crippen LogP contribution in [0.15, 0.2) is 41.2 Å². The zero-order valence-electron chi connectivity index (χ0n) is 11.2. The summed E-state index contributed by atoms with van der Waals surface area (Å²) in [7, 11) is 0. The Balaban J connectivity index is 1.72. The summed E-state index contributed by atoms with van der Waals surface area (Å²) in [5.74, 6) is 3.15. The largest absolute Gasteiger partial charge is 0.342 e. The minimum Gasteiger partial charge on any atom is -0.342 e. The Bertz CT molecular complexity index is 616. The molecule has 5 heteroatoms. The molecule has 0 saturated heterocycles. The van der Waals surface area contributed by atoms with Crippen LogP contribution in [0.2, 0.25) is 0 Å².